The topological polar surface area (TPSA) is 74.2 Å². The third-order valence-electron chi connectivity index (χ3n) is 2.43. The number of aromatic nitrogens is 1. The fraction of sp³-hybridized carbons (Fsp3) is 0.571. The van der Waals surface area contributed by atoms with E-state index in [0.29, 0.717) is 25.2 Å². The minimum atomic E-state index is -0.201. The van der Waals surface area contributed by atoms with Crippen LogP contribution in [0.15, 0.2) is 12.1 Å². The maximum Gasteiger partial charge on any atom is 0.221 e. The highest BCUT2D eigenvalue weighted by Crippen LogP contribution is 2.13. The molecule has 106 valence electrons. The molecule has 0 unspecified atom stereocenters. The predicted molar refractivity (Wildman–Crippen MR) is 74.9 cm³/mol. The van der Waals surface area contributed by atoms with Crippen LogP contribution in [0.5, 0.6) is 5.75 Å². The molecule has 1 aromatic rings. The maximum atomic E-state index is 11.6. The number of nitrogens with one attached hydrogen (secondary N) is 2. The van der Waals surface area contributed by atoms with E-state index in [4.69, 9.17) is 0 Å². The second-order valence-corrected chi connectivity index (χ2v) is 5.64. The van der Waals surface area contributed by atoms with Crippen LogP contribution < -0.4 is 10.6 Å². The van der Waals surface area contributed by atoms with Crippen molar-refractivity contribution in [2.75, 3.05) is 6.54 Å². The van der Waals surface area contributed by atoms with E-state index in [1.807, 2.05) is 27.7 Å². The van der Waals surface area contributed by atoms with Gasteiger partial charge in [0, 0.05) is 30.7 Å². The first-order valence-corrected chi connectivity index (χ1v) is 6.45. The fourth-order valence-corrected chi connectivity index (χ4v) is 1.62. The molecule has 5 heteroatoms. The van der Waals surface area contributed by atoms with Crippen molar-refractivity contribution in [3.63, 3.8) is 0 Å². The van der Waals surface area contributed by atoms with Gasteiger partial charge in [0.05, 0.1) is 5.69 Å². The fourth-order valence-electron chi connectivity index (χ4n) is 1.62. The number of nitrogens with zero attached hydrogens (tertiary/aromatic N) is 1. The number of aryl methyl sites for hydroxylation is 1. The largest absolute Gasteiger partial charge is 0.506 e. The molecule has 0 aliphatic heterocycles. The van der Waals surface area contributed by atoms with Crippen LogP contribution >= 0.6 is 0 Å². The van der Waals surface area contributed by atoms with E-state index in [1.165, 1.54) is 0 Å². The van der Waals surface area contributed by atoms with Crippen LogP contribution in [-0.2, 0) is 11.3 Å². The highest BCUT2D eigenvalue weighted by atomic mass is 16.3. The quantitative estimate of drug-likeness (QED) is 0.705. The van der Waals surface area contributed by atoms with Crippen LogP contribution in [0.4, 0.5) is 0 Å². The predicted octanol–water partition coefficient (Wildman–Crippen LogP) is 1.49. The SMILES string of the molecule is Cc1ccc(O)c(CNCCC(=O)NC(C)(C)C)n1. The lowest BCUT2D eigenvalue weighted by Gasteiger charge is -2.20. The van der Waals surface area contributed by atoms with Crippen molar-refractivity contribution in [1.29, 1.82) is 0 Å². The Morgan fingerprint density at radius 3 is 2.68 bits per heavy atom. The summed E-state index contributed by atoms with van der Waals surface area (Å²) >= 11 is 0. The lowest BCUT2D eigenvalue weighted by Crippen LogP contribution is -2.41. The van der Waals surface area contributed by atoms with Gasteiger partial charge in [-0.3, -0.25) is 9.78 Å². The van der Waals surface area contributed by atoms with E-state index >= 15 is 0 Å². The average Bonchev–Trinajstić information content (AvgIpc) is 2.26. The van der Waals surface area contributed by atoms with E-state index in [2.05, 4.69) is 15.6 Å². The zero-order valence-corrected chi connectivity index (χ0v) is 12.1. The number of amides is 1. The molecule has 0 radical (unpaired) electrons. The summed E-state index contributed by atoms with van der Waals surface area (Å²) < 4.78 is 0. The third kappa shape index (κ3) is 6.20. The first-order valence-electron chi connectivity index (χ1n) is 6.45. The summed E-state index contributed by atoms with van der Waals surface area (Å²) in [5, 5.41) is 15.6. The molecule has 1 heterocycles. The Bertz CT molecular complexity index is 439. The number of pyridine rings is 1. The van der Waals surface area contributed by atoms with Gasteiger partial charge in [0.25, 0.3) is 0 Å². The Morgan fingerprint density at radius 2 is 2.05 bits per heavy atom. The van der Waals surface area contributed by atoms with Crippen molar-refractivity contribution in [2.45, 2.75) is 46.2 Å². The van der Waals surface area contributed by atoms with E-state index in [0.717, 1.165) is 5.69 Å². The molecule has 0 saturated carbocycles. The average molecular weight is 265 g/mol. The zero-order valence-electron chi connectivity index (χ0n) is 12.1. The van der Waals surface area contributed by atoms with E-state index in [1.54, 1.807) is 12.1 Å². The molecule has 1 amide bonds. The zero-order chi connectivity index (χ0) is 14.5. The number of carbonyl (C=O) groups is 1. The van der Waals surface area contributed by atoms with Gasteiger partial charge in [-0.2, -0.15) is 0 Å². The Balaban J connectivity index is 2.31. The molecule has 5 nitrogen and oxygen atoms in total. The Labute approximate surface area is 114 Å². The first-order chi connectivity index (χ1) is 8.78. The molecule has 0 saturated heterocycles. The first kappa shape index (κ1) is 15.4. The van der Waals surface area contributed by atoms with Gasteiger partial charge in [-0.05, 0) is 39.8 Å². The van der Waals surface area contributed by atoms with Crippen LogP contribution in [0.2, 0.25) is 0 Å². The van der Waals surface area contributed by atoms with Crippen LogP contribution in [0.3, 0.4) is 0 Å². The molecule has 19 heavy (non-hydrogen) atoms. The van der Waals surface area contributed by atoms with Crippen molar-refractivity contribution in [3.8, 4) is 5.75 Å². The maximum absolute atomic E-state index is 11.6. The number of hydrogen-bond acceptors (Lipinski definition) is 4. The molecule has 0 aliphatic carbocycles. The second-order valence-electron chi connectivity index (χ2n) is 5.64. The normalized spacial score (nSPS) is 11.4. The molecule has 0 spiro atoms. The molecule has 0 fully saturated rings. The molecule has 0 bridgehead atoms. The second kappa shape index (κ2) is 6.52. The van der Waals surface area contributed by atoms with Gasteiger partial charge in [-0.15, -0.1) is 0 Å². The summed E-state index contributed by atoms with van der Waals surface area (Å²) in [7, 11) is 0. The van der Waals surface area contributed by atoms with Gasteiger partial charge < -0.3 is 15.7 Å². The minimum Gasteiger partial charge on any atom is -0.506 e. The molecular weight excluding hydrogens is 242 g/mol. The highest BCUT2D eigenvalue weighted by molar-refractivity contribution is 5.76. The summed E-state index contributed by atoms with van der Waals surface area (Å²) in [6.07, 6.45) is 0.407. The Hall–Kier alpha value is -1.62. The lowest BCUT2D eigenvalue weighted by molar-refractivity contribution is -0.122. The van der Waals surface area contributed by atoms with Gasteiger partial charge in [0.15, 0.2) is 0 Å². The van der Waals surface area contributed by atoms with Gasteiger partial charge in [-0.1, -0.05) is 0 Å². The number of aromatic hydroxyl groups is 1. The molecule has 0 aliphatic rings. The smallest absolute Gasteiger partial charge is 0.221 e. The Morgan fingerprint density at radius 1 is 1.37 bits per heavy atom. The highest BCUT2D eigenvalue weighted by Gasteiger charge is 2.13. The summed E-state index contributed by atoms with van der Waals surface area (Å²) in [4.78, 5) is 15.8. The standard InChI is InChI=1S/C14H23N3O2/c1-10-5-6-12(18)11(16-10)9-15-8-7-13(19)17-14(2,3)4/h5-6,15,18H,7-9H2,1-4H3,(H,17,19). The van der Waals surface area contributed by atoms with E-state index in [-0.39, 0.29) is 17.2 Å². The Kier molecular flexibility index (Phi) is 5.30. The summed E-state index contributed by atoms with van der Waals surface area (Å²) in [5.74, 6) is 0.193. The summed E-state index contributed by atoms with van der Waals surface area (Å²) in [6.45, 7) is 8.74. The van der Waals surface area contributed by atoms with Gasteiger partial charge in [0.2, 0.25) is 5.91 Å². The number of rotatable bonds is 5. The van der Waals surface area contributed by atoms with Crippen molar-refractivity contribution in [1.82, 2.24) is 15.6 Å². The van der Waals surface area contributed by atoms with Gasteiger partial charge >= 0.3 is 0 Å². The van der Waals surface area contributed by atoms with Gasteiger partial charge in [-0.25, -0.2) is 0 Å². The van der Waals surface area contributed by atoms with E-state index in [9.17, 15) is 9.90 Å². The molecule has 0 aromatic carbocycles. The van der Waals surface area contributed by atoms with Crippen molar-refractivity contribution < 1.29 is 9.90 Å². The van der Waals surface area contributed by atoms with E-state index < -0.39 is 0 Å². The monoisotopic (exact) mass is 265 g/mol. The number of carbonyl (C=O) groups excluding carboxylic acids is 1. The minimum absolute atomic E-state index is 0.0152. The van der Waals surface area contributed by atoms with Gasteiger partial charge in [0.1, 0.15) is 5.75 Å². The van der Waals surface area contributed by atoms with Crippen molar-refractivity contribution in [2.24, 2.45) is 0 Å². The van der Waals surface area contributed by atoms with Crippen LogP contribution in [0, 0.1) is 6.92 Å². The molecular formula is C14H23N3O2. The molecule has 0 atom stereocenters. The van der Waals surface area contributed by atoms with Crippen LogP contribution in [-0.4, -0.2) is 28.1 Å². The van der Waals surface area contributed by atoms with Crippen LogP contribution in [0.1, 0.15) is 38.6 Å². The lowest BCUT2D eigenvalue weighted by atomic mass is 10.1. The molecule has 3 N–H and O–H groups in total. The third-order valence-corrected chi connectivity index (χ3v) is 2.43. The van der Waals surface area contributed by atoms with Crippen molar-refractivity contribution >= 4 is 5.91 Å². The molecule has 1 rings (SSSR count). The van der Waals surface area contributed by atoms with Crippen molar-refractivity contribution in [3.05, 3.63) is 23.5 Å². The summed E-state index contributed by atoms with van der Waals surface area (Å²) in [6, 6.07) is 3.39. The molecule has 1 aromatic heterocycles. The number of hydrogen-bond donors (Lipinski definition) is 3. The summed E-state index contributed by atoms with van der Waals surface area (Å²) in [5.41, 5.74) is 1.27. The van der Waals surface area contributed by atoms with Crippen LogP contribution in [0.25, 0.3) is 0 Å².